The lowest BCUT2D eigenvalue weighted by molar-refractivity contribution is 0.0615. The molecule has 3 aromatic carbocycles. The number of hydrogen-bond acceptors (Lipinski definition) is 1. The van der Waals surface area contributed by atoms with Gasteiger partial charge in [0.25, 0.3) is 0 Å². The molecule has 1 fully saturated rings. The van der Waals surface area contributed by atoms with Crippen LogP contribution < -0.4 is 0 Å². The molecule has 0 unspecified atom stereocenters. The van der Waals surface area contributed by atoms with E-state index < -0.39 is 0 Å². The van der Waals surface area contributed by atoms with E-state index in [1.807, 2.05) is 0 Å². The van der Waals surface area contributed by atoms with Crippen molar-refractivity contribution in [3.05, 3.63) is 108 Å². The molecule has 0 aromatic heterocycles. The van der Waals surface area contributed by atoms with E-state index in [2.05, 4.69) is 103 Å². The summed E-state index contributed by atoms with van der Waals surface area (Å²) < 4.78 is 0. The molecule has 1 aliphatic rings. The van der Waals surface area contributed by atoms with Crippen LogP contribution >= 0.6 is 0 Å². The maximum Gasteiger partial charge on any atom is 0.0141 e. The Morgan fingerprint density at radius 1 is 0.655 bits per heavy atom. The number of likely N-dealkylation sites (tertiary alicyclic amines) is 1. The zero-order valence-electron chi connectivity index (χ0n) is 17.6. The molecule has 1 heteroatoms. The lowest BCUT2D eigenvalue weighted by atomic mass is 9.80. The Balaban J connectivity index is 1.47. The Labute approximate surface area is 176 Å². The van der Waals surface area contributed by atoms with Gasteiger partial charge in [-0.25, -0.2) is 0 Å². The van der Waals surface area contributed by atoms with Gasteiger partial charge in [0, 0.05) is 18.6 Å². The highest BCUT2D eigenvalue weighted by Crippen LogP contribution is 2.32. The summed E-state index contributed by atoms with van der Waals surface area (Å²) >= 11 is 0. The second kappa shape index (κ2) is 9.89. The molecule has 0 spiro atoms. The zero-order valence-corrected chi connectivity index (χ0v) is 17.6. The van der Waals surface area contributed by atoms with Gasteiger partial charge >= 0.3 is 0 Å². The third-order valence-electron chi connectivity index (χ3n) is 6.50. The zero-order chi connectivity index (χ0) is 19.9. The van der Waals surface area contributed by atoms with Gasteiger partial charge < -0.3 is 0 Å². The maximum atomic E-state index is 2.79. The van der Waals surface area contributed by atoms with Crippen LogP contribution in [0.25, 0.3) is 0 Å². The number of rotatable bonds is 7. The van der Waals surface area contributed by atoms with Crippen molar-refractivity contribution in [2.75, 3.05) is 6.54 Å². The molecule has 0 amide bonds. The number of piperidine rings is 1. The van der Waals surface area contributed by atoms with E-state index in [0.29, 0.717) is 12.1 Å². The van der Waals surface area contributed by atoms with Crippen LogP contribution in [-0.4, -0.2) is 23.5 Å². The summed E-state index contributed by atoms with van der Waals surface area (Å²) in [6.07, 6.45) is 6.10. The van der Waals surface area contributed by atoms with Crippen LogP contribution in [0.3, 0.4) is 0 Å². The first-order valence-electron chi connectivity index (χ1n) is 11.2. The molecule has 150 valence electrons. The van der Waals surface area contributed by atoms with Crippen molar-refractivity contribution in [1.29, 1.82) is 0 Å². The Bertz CT molecular complexity index is 843. The molecule has 29 heavy (non-hydrogen) atoms. The Morgan fingerprint density at radius 2 is 1.17 bits per heavy atom. The number of nitrogens with zero attached hydrogens (tertiary/aromatic N) is 1. The molecule has 0 saturated carbocycles. The van der Waals surface area contributed by atoms with Gasteiger partial charge in [-0.05, 0) is 61.6 Å². The van der Waals surface area contributed by atoms with Crippen molar-refractivity contribution in [2.45, 2.75) is 51.1 Å². The SMILES string of the molecule is C[C@@H]1C[C@@H](Cc2ccccc2)C[C@H](Cc2ccccc2)N1CCc1ccccc1. The lowest BCUT2D eigenvalue weighted by Gasteiger charge is -2.44. The van der Waals surface area contributed by atoms with E-state index in [4.69, 9.17) is 0 Å². The fourth-order valence-corrected chi connectivity index (χ4v) is 5.10. The molecule has 1 heterocycles. The maximum absolute atomic E-state index is 2.79. The topological polar surface area (TPSA) is 3.24 Å². The van der Waals surface area contributed by atoms with Crippen LogP contribution in [0.5, 0.6) is 0 Å². The van der Waals surface area contributed by atoms with E-state index in [1.54, 1.807) is 0 Å². The highest BCUT2D eigenvalue weighted by atomic mass is 15.2. The van der Waals surface area contributed by atoms with Crippen LogP contribution in [0.15, 0.2) is 91.0 Å². The summed E-state index contributed by atoms with van der Waals surface area (Å²) in [7, 11) is 0. The molecule has 3 aromatic rings. The van der Waals surface area contributed by atoms with Gasteiger partial charge in [-0.3, -0.25) is 4.90 Å². The summed E-state index contributed by atoms with van der Waals surface area (Å²) in [5, 5.41) is 0. The van der Waals surface area contributed by atoms with E-state index in [-0.39, 0.29) is 0 Å². The van der Waals surface area contributed by atoms with Crippen LogP contribution in [0.2, 0.25) is 0 Å². The average molecular weight is 384 g/mol. The van der Waals surface area contributed by atoms with Crippen LogP contribution in [0.1, 0.15) is 36.5 Å². The minimum Gasteiger partial charge on any atom is -0.297 e. The fraction of sp³-hybridized carbons (Fsp3) is 0.357. The van der Waals surface area contributed by atoms with Crippen molar-refractivity contribution in [1.82, 2.24) is 4.90 Å². The van der Waals surface area contributed by atoms with E-state index >= 15 is 0 Å². The van der Waals surface area contributed by atoms with Crippen molar-refractivity contribution in [3.63, 3.8) is 0 Å². The first-order valence-corrected chi connectivity index (χ1v) is 11.2. The predicted molar refractivity (Wildman–Crippen MR) is 123 cm³/mol. The van der Waals surface area contributed by atoms with Gasteiger partial charge in [-0.1, -0.05) is 91.0 Å². The second-order valence-corrected chi connectivity index (χ2v) is 8.69. The van der Waals surface area contributed by atoms with E-state index in [0.717, 1.165) is 25.3 Å². The second-order valence-electron chi connectivity index (χ2n) is 8.69. The van der Waals surface area contributed by atoms with Gasteiger partial charge in [0.1, 0.15) is 0 Å². The highest BCUT2D eigenvalue weighted by molar-refractivity contribution is 5.19. The normalized spacial score (nSPS) is 22.4. The summed E-state index contributed by atoms with van der Waals surface area (Å²) in [5.74, 6) is 0.772. The number of hydrogen-bond donors (Lipinski definition) is 0. The fourth-order valence-electron chi connectivity index (χ4n) is 5.10. The Kier molecular flexibility index (Phi) is 6.79. The van der Waals surface area contributed by atoms with Gasteiger partial charge in [0.15, 0.2) is 0 Å². The predicted octanol–water partition coefficient (Wildman–Crippen LogP) is 6.18. The molecule has 0 aliphatic carbocycles. The molecular formula is C28H33N. The summed E-state index contributed by atoms with van der Waals surface area (Å²) in [5.41, 5.74) is 4.40. The molecule has 0 bridgehead atoms. The van der Waals surface area contributed by atoms with Gasteiger partial charge in [-0.2, -0.15) is 0 Å². The molecule has 1 nitrogen and oxygen atoms in total. The number of benzene rings is 3. The molecule has 4 rings (SSSR count). The van der Waals surface area contributed by atoms with Gasteiger partial charge in [-0.15, -0.1) is 0 Å². The van der Waals surface area contributed by atoms with E-state index in [9.17, 15) is 0 Å². The third kappa shape index (κ3) is 5.58. The third-order valence-corrected chi connectivity index (χ3v) is 6.50. The van der Waals surface area contributed by atoms with Crippen LogP contribution in [-0.2, 0) is 19.3 Å². The first-order chi connectivity index (χ1) is 14.3. The first kappa shape index (κ1) is 19.9. The minimum absolute atomic E-state index is 0.624. The van der Waals surface area contributed by atoms with Crippen LogP contribution in [0.4, 0.5) is 0 Å². The smallest absolute Gasteiger partial charge is 0.0141 e. The minimum atomic E-state index is 0.624. The largest absolute Gasteiger partial charge is 0.297 e. The average Bonchev–Trinajstić information content (AvgIpc) is 2.75. The summed E-state index contributed by atoms with van der Waals surface area (Å²) in [4.78, 5) is 2.79. The lowest BCUT2D eigenvalue weighted by Crippen LogP contribution is -2.50. The van der Waals surface area contributed by atoms with Crippen molar-refractivity contribution < 1.29 is 0 Å². The van der Waals surface area contributed by atoms with Crippen molar-refractivity contribution >= 4 is 0 Å². The molecule has 1 aliphatic heterocycles. The molecular weight excluding hydrogens is 350 g/mol. The highest BCUT2D eigenvalue weighted by Gasteiger charge is 2.33. The quantitative estimate of drug-likeness (QED) is 0.470. The Morgan fingerprint density at radius 3 is 1.76 bits per heavy atom. The summed E-state index contributed by atoms with van der Waals surface area (Å²) in [6, 6.07) is 34.3. The molecule has 3 atom stereocenters. The monoisotopic (exact) mass is 383 g/mol. The van der Waals surface area contributed by atoms with Gasteiger partial charge in [0.2, 0.25) is 0 Å². The Hall–Kier alpha value is -2.38. The standard InChI is InChI=1S/C28H33N/c1-23-19-27(20-25-13-7-3-8-14-25)22-28(21-26-15-9-4-10-16-26)29(23)18-17-24-11-5-2-6-12-24/h2-16,23,27-28H,17-22H2,1H3/t23-,27+,28+/m1/s1. The molecule has 0 N–H and O–H groups in total. The van der Waals surface area contributed by atoms with Gasteiger partial charge in [0.05, 0.1) is 0 Å². The molecule has 1 saturated heterocycles. The van der Waals surface area contributed by atoms with Crippen molar-refractivity contribution in [2.24, 2.45) is 5.92 Å². The summed E-state index contributed by atoms with van der Waals surface area (Å²) in [6.45, 7) is 3.60. The van der Waals surface area contributed by atoms with E-state index in [1.165, 1.54) is 36.0 Å². The van der Waals surface area contributed by atoms with Crippen LogP contribution in [0, 0.1) is 5.92 Å². The van der Waals surface area contributed by atoms with Crippen molar-refractivity contribution in [3.8, 4) is 0 Å². The molecule has 0 radical (unpaired) electrons.